The highest BCUT2D eigenvalue weighted by Crippen LogP contribution is 2.35. The average Bonchev–Trinajstić information content (AvgIpc) is 2.84. The Morgan fingerprint density at radius 2 is 0.829 bits per heavy atom. The van der Waals surface area contributed by atoms with Crippen LogP contribution in [0.3, 0.4) is 0 Å². The molecule has 0 unspecified atom stereocenters. The zero-order valence-electron chi connectivity index (χ0n) is 19.4. The molecule has 0 saturated carbocycles. The minimum absolute atomic E-state index is 0.232. The van der Waals surface area contributed by atoms with E-state index in [9.17, 15) is 16.8 Å². The molecular weight excluding hydrogens is 478 g/mol. The second-order valence-corrected chi connectivity index (χ2v) is 12.2. The quantitative estimate of drug-likeness (QED) is 0.284. The molecule has 0 N–H and O–H groups in total. The summed E-state index contributed by atoms with van der Waals surface area (Å²) in [5.74, 6) is 0. The summed E-state index contributed by atoms with van der Waals surface area (Å²) in [6, 6.07) is 31.2. The van der Waals surface area contributed by atoms with E-state index in [4.69, 9.17) is 0 Å². The predicted molar refractivity (Wildman–Crippen MR) is 143 cm³/mol. The van der Waals surface area contributed by atoms with Crippen LogP contribution in [0.25, 0.3) is 12.2 Å². The van der Waals surface area contributed by atoms with Crippen molar-refractivity contribution in [1.82, 2.24) is 0 Å². The van der Waals surface area contributed by atoms with Crippen molar-refractivity contribution in [3.63, 3.8) is 0 Å². The van der Waals surface area contributed by atoms with Gasteiger partial charge in [0.15, 0.2) is 19.7 Å². The first-order chi connectivity index (χ1) is 16.6. The number of hydrogen-bond acceptors (Lipinski definition) is 5. The highest BCUT2D eigenvalue weighted by Gasteiger charge is 2.15. The summed E-state index contributed by atoms with van der Waals surface area (Å²) >= 11 is 0. The first-order valence-electron chi connectivity index (χ1n) is 10.8. The number of rotatable bonds is 7. The van der Waals surface area contributed by atoms with Crippen LogP contribution in [0.5, 0.6) is 0 Å². The van der Waals surface area contributed by atoms with Crippen LogP contribution in [0.2, 0.25) is 0 Å². The van der Waals surface area contributed by atoms with Gasteiger partial charge in [0.25, 0.3) is 0 Å². The van der Waals surface area contributed by atoms with Crippen molar-refractivity contribution < 1.29 is 16.8 Å². The number of sulfone groups is 2. The first kappa shape index (κ1) is 24.4. The van der Waals surface area contributed by atoms with Gasteiger partial charge in [-0.25, -0.2) is 16.8 Å². The van der Waals surface area contributed by atoms with Crippen LogP contribution < -0.4 is 4.90 Å². The van der Waals surface area contributed by atoms with E-state index in [1.165, 1.54) is 12.5 Å². The predicted octanol–water partition coefficient (Wildman–Crippen LogP) is 6.13. The van der Waals surface area contributed by atoms with Crippen LogP contribution in [0.1, 0.15) is 11.1 Å². The highest BCUT2D eigenvalue weighted by atomic mass is 32.2. The maximum Gasteiger partial charge on any atom is 0.175 e. The second-order valence-electron chi connectivity index (χ2n) is 8.20. The van der Waals surface area contributed by atoms with E-state index in [-0.39, 0.29) is 9.79 Å². The number of anilines is 3. The van der Waals surface area contributed by atoms with Gasteiger partial charge in [0.2, 0.25) is 0 Å². The van der Waals surface area contributed by atoms with Crippen molar-refractivity contribution >= 4 is 48.9 Å². The van der Waals surface area contributed by atoms with Gasteiger partial charge in [-0.1, -0.05) is 54.6 Å². The molecule has 0 spiro atoms. The molecule has 0 bridgehead atoms. The standard InChI is InChI=1S/C28H25NO4S2/c1-34(30,31)27-18-14-25(15-19-27)29(26-16-20-28(21-17-26)35(2,32)33)24-12-10-23(11-13-24)9-8-22-6-4-3-5-7-22/h3-21H,1-2H3. The molecule has 35 heavy (non-hydrogen) atoms. The summed E-state index contributed by atoms with van der Waals surface area (Å²) in [7, 11) is -6.65. The molecule has 4 aromatic carbocycles. The lowest BCUT2D eigenvalue weighted by molar-refractivity contribution is 0.600. The van der Waals surface area contributed by atoms with Gasteiger partial charge in [-0.3, -0.25) is 0 Å². The number of hydrogen-bond donors (Lipinski definition) is 0. The molecule has 0 fully saturated rings. The summed E-state index contributed by atoms with van der Waals surface area (Å²) in [4.78, 5) is 2.41. The molecule has 0 aliphatic heterocycles. The lowest BCUT2D eigenvalue weighted by Crippen LogP contribution is -2.10. The zero-order valence-corrected chi connectivity index (χ0v) is 21.0. The maximum atomic E-state index is 11.9. The molecule has 5 nitrogen and oxygen atoms in total. The Hall–Kier alpha value is -3.68. The third kappa shape index (κ3) is 6.07. The molecule has 0 atom stereocenters. The van der Waals surface area contributed by atoms with E-state index < -0.39 is 19.7 Å². The SMILES string of the molecule is CS(=O)(=O)c1ccc(N(c2ccc(C=Cc3ccccc3)cc2)c2ccc(S(C)(=O)=O)cc2)cc1. The third-order valence-electron chi connectivity index (χ3n) is 5.47. The molecule has 0 saturated heterocycles. The Morgan fingerprint density at radius 3 is 1.20 bits per heavy atom. The third-order valence-corrected chi connectivity index (χ3v) is 7.72. The van der Waals surface area contributed by atoms with Gasteiger partial charge in [0, 0.05) is 29.6 Å². The van der Waals surface area contributed by atoms with Crippen molar-refractivity contribution in [3.05, 3.63) is 114 Å². The van der Waals surface area contributed by atoms with Crippen LogP contribution in [0.15, 0.2) is 113 Å². The van der Waals surface area contributed by atoms with Gasteiger partial charge in [-0.15, -0.1) is 0 Å². The molecule has 0 aromatic heterocycles. The average molecular weight is 504 g/mol. The van der Waals surface area contributed by atoms with Crippen LogP contribution in [-0.2, 0) is 19.7 Å². The summed E-state index contributed by atoms with van der Waals surface area (Å²) in [6.07, 6.45) is 6.42. The molecule has 0 heterocycles. The van der Waals surface area contributed by atoms with E-state index >= 15 is 0 Å². The second kappa shape index (κ2) is 9.90. The van der Waals surface area contributed by atoms with Gasteiger partial charge in [-0.05, 0) is 71.8 Å². The Bertz CT molecular complexity index is 1470. The zero-order chi connectivity index (χ0) is 25.1. The Labute approximate surface area is 206 Å². The molecule has 0 radical (unpaired) electrons. The number of benzene rings is 4. The molecule has 7 heteroatoms. The molecule has 4 rings (SSSR count). The lowest BCUT2D eigenvalue weighted by Gasteiger charge is -2.26. The van der Waals surface area contributed by atoms with Gasteiger partial charge < -0.3 is 4.90 Å². The van der Waals surface area contributed by atoms with Crippen LogP contribution in [0, 0.1) is 0 Å². The van der Waals surface area contributed by atoms with Crippen LogP contribution in [-0.4, -0.2) is 29.3 Å². The van der Waals surface area contributed by atoms with Crippen molar-refractivity contribution in [2.45, 2.75) is 9.79 Å². The Morgan fingerprint density at radius 1 is 0.486 bits per heavy atom. The van der Waals surface area contributed by atoms with Crippen molar-refractivity contribution in [2.75, 3.05) is 17.4 Å². The fraction of sp³-hybridized carbons (Fsp3) is 0.0714. The van der Waals surface area contributed by atoms with E-state index in [2.05, 4.69) is 0 Å². The van der Waals surface area contributed by atoms with E-state index in [1.807, 2.05) is 71.6 Å². The van der Waals surface area contributed by atoms with Crippen LogP contribution in [0.4, 0.5) is 17.1 Å². The van der Waals surface area contributed by atoms with Gasteiger partial charge in [0.1, 0.15) is 0 Å². The molecule has 0 aliphatic carbocycles. The van der Waals surface area contributed by atoms with Crippen LogP contribution >= 0.6 is 0 Å². The fourth-order valence-corrected chi connectivity index (χ4v) is 4.88. The summed E-state index contributed by atoms with van der Waals surface area (Å²) in [5.41, 5.74) is 4.47. The molecule has 0 amide bonds. The minimum atomic E-state index is -3.32. The lowest BCUT2D eigenvalue weighted by atomic mass is 10.1. The van der Waals surface area contributed by atoms with Gasteiger partial charge in [-0.2, -0.15) is 0 Å². The normalized spacial score (nSPS) is 12.1. The molecule has 0 aliphatic rings. The van der Waals surface area contributed by atoms with E-state index in [0.29, 0.717) is 0 Å². The largest absolute Gasteiger partial charge is 0.311 e. The molecule has 178 valence electrons. The van der Waals surface area contributed by atoms with Crippen molar-refractivity contribution in [1.29, 1.82) is 0 Å². The van der Waals surface area contributed by atoms with Crippen molar-refractivity contribution in [2.24, 2.45) is 0 Å². The maximum absolute atomic E-state index is 11.9. The topological polar surface area (TPSA) is 71.5 Å². The first-order valence-corrected chi connectivity index (χ1v) is 14.6. The van der Waals surface area contributed by atoms with E-state index in [1.54, 1.807) is 48.5 Å². The summed E-state index contributed by atoms with van der Waals surface area (Å²) < 4.78 is 47.6. The van der Waals surface area contributed by atoms with Gasteiger partial charge in [0.05, 0.1) is 9.79 Å². The molecular formula is C28H25NO4S2. The fourth-order valence-electron chi connectivity index (χ4n) is 3.62. The van der Waals surface area contributed by atoms with Gasteiger partial charge >= 0.3 is 0 Å². The van der Waals surface area contributed by atoms with Crippen molar-refractivity contribution in [3.8, 4) is 0 Å². The summed E-state index contributed by atoms with van der Waals surface area (Å²) in [5, 5.41) is 0. The molecule has 4 aromatic rings. The summed E-state index contributed by atoms with van der Waals surface area (Å²) in [6.45, 7) is 0. The smallest absolute Gasteiger partial charge is 0.175 e. The monoisotopic (exact) mass is 503 g/mol. The minimum Gasteiger partial charge on any atom is -0.311 e. The Balaban J connectivity index is 1.72. The number of nitrogens with zero attached hydrogens (tertiary/aromatic N) is 1. The van der Waals surface area contributed by atoms with E-state index in [0.717, 1.165) is 28.2 Å². The Kier molecular flexibility index (Phi) is 6.91. The highest BCUT2D eigenvalue weighted by molar-refractivity contribution is 7.91.